The Morgan fingerprint density at radius 3 is 1.09 bits per heavy atom. The zero-order valence-electron chi connectivity index (χ0n) is 5.80. The second-order valence-electron chi connectivity index (χ2n) is 0.908. The molecule has 0 fully saturated rings. The van der Waals surface area contributed by atoms with Gasteiger partial charge in [0.15, 0.2) is 0 Å². The second-order valence-corrected chi connectivity index (χ2v) is 4.72. The molecule has 6 nitrogen and oxygen atoms in total. The summed E-state index contributed by atoms with van der Waals surface area (Å²) in [5.74, 6) is 0. The Morgan fingerprint density at radius 1 is 1.00 bits per heavy atom. The van der Waals surface area contributed by atoms with Crippen molar-refractivity contribution in [1.82, 2.24) is 0 Å². The van der Waals surface area contributed by atoms with Gasteiger partial charge in [0.25, 0.3) is 0 Å². The molecule has 2 atom stereocenters. The third-order valence-electron chi connectivity index (χ3n) is 0.333. The van der Waals surface area contributed by atoms with Gasteiger partial charge in [0.2, 0.25) is 0 Å². The van der Waals surface area contributed by atoms with Crippen LogP contribution in [-0.4, -0.2) is 44.8 Å². The van der Waals surface area contributed by atoms with Crippen LogP contribution in [0.4, 0.5) is 0 Å². The van der Waals surface area contributed by atoms with E-state index >= 15 is 0 Å². The molecule has 0 heterocycles. The molecule has 0 aromatic carbocycles. The Labute approximate surface area is 84.7 Å². The Hall–Kier alpha value is 1.08. The van der Waals surface area contributed by atoms with Crippen molar-refractivity contribution in [2.45, 2.75) is 0 Å². The third-order valence-corrected chi connectivity index (χ3v) is 1.73. The maximum absolute atomic E-state index is 9.28. The maximum Gasteiger partial charge on any atom is 2.00 e. The average Bonchev–Trinajstić information content (AvgIpc) is 1.89. The minimum absolute atomic E-state index is 0. The summed E-state index contributed by atoms with van der Waals surface area (Å²) >= 11 is -6.71. The Kier molecular flexibility index (Phi) is 22.3. The first kappa shape index (κ1) is 18.0. The Balaban J connectivity index is -0.000000107. The van der Waals surface area contributed by atoms with Crippen molar-refractivity contribution in [2.75, 3.05) is 14.2 Å². The smallest absolute Gasteiger partial charge is 2.00 e. The van der Waals surface area contributed by atoms with Crippen molar-refractivity contribution < 1.29 is 40.2 Å². The van der Waals surface area contributed by atoms with Crippen LogP contribution in [0.3, 0.4) is 0 Å². The van der Waals surface area contributed by atoms with E-state index in [9.17, 15) is 15.7 Å². The van der Waals surface area contributed by atoms with Gasteiger partial charge >= 0.3 is 85.0 Å². The number of hydrogen-bond donors (Lipinski definition) is 0. The normalized spacial score (nSPS) is 13.5. The second kappa shape index (κ2) is 13.7. The molecule has 11 heavy (non-hydrogen) atoms. The van der Waals surface area contributed by atoms with Gasteiger partial charge in [-0.2, -0.15) is 0 Å². The van der Waals surface area contributed by atoms with E-state index in [4.69, 9.17) is 0 Å². The molecule has 0 saturated carbocycles. The summed E-state index contributed by atoms with van der Waals surface area (Å²) in [5, 5.41) is 0. The molecule has 0 saturated heterocycles. The molecular weight excluding hydrogens is 326 g/mol. The van der Waals surface area contributed by atoms with E-state index in [2.05, 4.69) is 7.45 Å². The van der Waals surface area contributed by atoms with Crippen molar-refractivity contribution in [2.24, 2.45) is 0 Å². The molecule has 0 aliphatic heterocycles. The van der Waals surface area contributed by atoms with Crippen molar-refractivity contribution in [1.29, 1.82) is 0 Å². The largest absolute Gasteiger partial charge is 2.00 e. The van der Waals surface area contributed by atoms with E-state index in [1.807, 2.05) is 0 Å². The van der Waals surface area contributed by atoms with Crippen LogP contribution >= 0.6 is 0 Å². The van der Waals surface area contributed by atoms with Gasteiger partial charge in [0, 0.05) is 0 Å². The van der Waals surface area contributed by atoms with Crippen LogP contribution in [0.1, 0.15) is 0 Å². The summed E-state index contributed by atoms with van der Waals surface area (Å²) in [7, 11) is 2.30. The standard InChI is InChI=1S/2CH5AsO3.Fe/c2*1-5-2(3)4;/h2*2H,1H3,(H,3,4);/q;;+2/p-2. The fraction of sp³-hybridized carbons (Fsp3) is 1.00. The topological polar surface area (TPSA) is 98.7 Å². The average molecular weight is 334 g/mol. The molecule has 0 aliphatic carbocycles. The van der Waals surface area contributed by atoms with Crippen molar-refractivity contribution >= 4 is 30.5 Å². The van der Waals surface area contributed by atoms with Gasteiger partial charge in [-0.05, 0) is 0 Å². The van der Waals surface area contributed by atoms with E-state index < -0.39 is 30.5 Å². The Morgan fingerprint density at radius 2 is 1.09 bits per heavy atom. The van der Waals surface area contributed by atoms with Crippen LogP contribution in [0.25, 0.3) is 0 Å². The van der Waals surface area contributed by atoms with Gasteiger partial charge in [0.05, 0.1) is 0 Å². The number of hydrogen-bond acceptors (Lipinski definition) is 6. The molecule has 0 spiro atoms. The van der Waals surface area contributed by atoms with Crippen LogP contribution in [-0.2, 0) is 32.0 Å². The van der Waals surface area contributed by atoms with Gasteiger partial charge in [-0.3, -0.25) is 0 Å². The summed E-state index contributed by atoms with van der Waals surface area (Å²) in [4.78, 5) is 0. The monoisotopic (exact) mass is 334 g/mol. The first-order valence-corrected chi connectivity index (χ1v) is 7.18. The van der Waals surface area contributed by atoms with Gasteiger partial charge in [-0.25, -0.2) is 0 Å². The fourth-order valence-electron chi connectivity index (χ4n) is 0. The molecule has 0 rings (SSSR count). The summed E-state index contributed by atoms with van der Waals surface area (Å²) < 4.78 is 44.8. The predicted molar refractivity (Wildman–Crippen MR) is 29.7 cm³/mol. The first-order valence-electron chi connectivity index (χ1n) is 2.04. The van der Waals surface area contributed by atoms with Crippen LogP contribution in [0.2, 0.25) is 0 Å². The molecule has 0 N–H and O–H groups in total. The molecule has 0 radical (unpaired) electrons. The van der Waals surface area contributed by atoms with E-state index in [1.54, 1.807) is 0 Å². The molecule has 0 bridgehead atoms. The molecule has 0 aromatic rings. The van der Waals surface area contributed by atoms with Gasteiger partial charge in [-0.1, -0.05) is 0 Å². The fourth-order valence-corrected chi connectivity index (χ4v) is 0. The molecular formula is C2H8As2FeO6. The van der Waals surface area contributed by atoms with Crippen molar-refractivity contribution in [3.63, 3.8) is 0 Å². The van der Waals surface area contributed by atoms with Crippen LogP contribution in [0.5, 0.6) is 0 Å². The summed E-state index contributed by atoms with van der Waals surface area (Å²) in [5.41, 5.74) is 0. The molecule has 0 aromatic heterocycles. The summed E-state index contributed by atoms with van der Waals surface area (Å²) in [6.45, 7) is 0. The quantitative estimate of drug-likeness (QED) is 0.482. The Bertz CT molecular complexity index is 103. The van der Waals surface area contributed by atoms with Gasteiger partial charge in [-0.15, -0.1) is 0 Å². The van der Waals surface area contributed by atoms with Crippen LogP contribution < -0.4 is 8.19 Å². The first-order chi connectivity index (χ1) is 4.54. The van der Waals surface area contributed by atoms with Crippen LogP contribution in [0.15, 0.2) is 0 Å². The van der Waals surface area contributed by atoms with Crippen molar-refractivity contribution in [3.05, 3.63) is 0 Å². The minimum Gasteiger partial charge on any atom is 2.00 e. The van der Waals surface area contributed by atoms with Gasteiger partial charge in [0.1, 0.15) is 0 Å². The predicted octanol–water partition coefficient (Wildman–Crippen LogP) is -3.72. The van der Waals surface area contributed by atoms with E-state index in [-0.39, 0.29) is 17.1 Å². The summed E-state index contributed by atoms with van der Waals surface area (Å²) in [6.07, 6.45) is 0. The molecule has 70 valence electrons. The van der Waals surface area contributed by atoms with Crippen molar-refractivity contribution in [3.8, 4) is 0 Å². The maximum atomic E-state index is 9.28. The van der Waals surface area contributed by atoms with E-state index in [0.29, 0.717) is 0 Å². The minimum atomic E-state index is -3.36. The number of rotatable bonds is 2. The zero-order valence-corrected chi connectivity index (χ0v) is 11.1. The van der Waals surface area contributed by atoms with E-state index in [1.165, 1.54) is 0 Å². The van der Waals surface area contributed by atoms with Gasteiger partial charge < -0.3 is 0 Å². The molecule has 2 unspecified atom stereocenters. The molecule has 0 amide bonds. The zero-order chi connectivity index (χ0) is 8.57. The summed E-state index contributed by atoms with van der Waals surface area (Å²) in [6, 6.07) is 0. The SMILES string of the molecule is CO[AsH](=O)[O-].CO[AsH](=O)[O-].[Fe+2]. The van der Waals surface area contributed by atoms with Crippen LogP contribution in [0, 0.1) is 0 Å². The third kappa shape index (κ3) is 35.4. The molecule has 9 heteroatoms. The van der Waals surface area contributed by atoms with E-state index in [0.717, 1.165) is 14.2 Å². The molecule has 0 aliphatic rings.